The van der Waals surface area contributed by atoms with E-state index in [0.717, 1.165) is 18.4 Å². The monoisotopic (exact) mass is 246 g/mol. The molecule has 0 aliphatic rings. The predicted octanol–water partition coefficient (Wildman–Crippen LogP) is 3.91. The first-order chi connectivity index (χ1) is 8.37. The molecule has 18 heavy (non-hydrogen) atoms. The fraction of sp³-hybridized carbons (Fsp3) is 0.438. The van der Waals surface area contributed by atoms with Crippen molar-refractivity contribution < 1.29 is 9.53 Å². The van der Waals surface area contributed by atoms with Gasteiger partial charge in [-0.05, 0) is 39.2 Å². The number of benzene rings is 1. The van der Waals surface area contributed by atoms with Crippen LogP contribution in [0.25, 0.3) is 0 Å². The smallest absolute Gasteiger partial charge is 0.310 e. The molecule has 1 aromatic carbocycles. The second-order valence-corrected chi connectivity index (χ2v) is 5.50. The minimum absolute atomic E-state index is 0.194. The standard InChI is InChI=1S/C16H22O2/c1-13(12-15(17)18-16(2,3)4)10-11-14-8-6-5-7-9-14/h5-9H,1,10-12H2,2-4H3. The highest BCUT2D eigenvalue weighted by molar-refractivity contribution is 5.72. The summed E-state index contributed by atoms with van der Waals surface area (Å²) < 4.78 is 5.26. The molecule has 0 radical (unpaired) electrons. The Kier molecular flexibility index (Phi) is 5.14. The number of hydrogen-bond acceptors (Lipinski definition) is 2. The van der Waals surface area contributed by atoms with Crippen molar-refractivity contribution in [3.05, 3.63) is 48.0 Å². The molecule has 1 rings (SSSR count). The van der Waals surface area contributed by atoms with E-state index in [2.05, 4.69) is 18.7 Å². The largest absolute Gasteiger partial charge is 0.460 e. The first kappa shape index (κ1) is 14.5. The summed E-state index contributed by atoms with van der Waals surface area (Å²) in [6, 6.07) is 10.2. The highest BCUT2D eigenvalue weighted by Crippen LogP contribution is 2.14. The predicted molar refractivity (Wildman–Crippen MR) is 74.4 cm³/mol. The van der Waals surface area contributed by atoms with Crippen molar-refractivity contribution in [1.29, 1.82) is 0 Å². The van der Waals surface area contributed by atoms with E-state index >= 15 is 0 Å². The van der Waals surface area contributed by atoms with Gasteiger partial charge in [0, 0.05) is 0 Å². The fourth-order valence-corrected chi connectivity index (χ4v) is 1.64. The molecule has 0 aliphatic carbocycles. The highest BCUT2D eigenvalue weighted by Gasteiger charge is 2.16. The Hall–Kier alpha value is -1.57. The summed E-state index contributed by atoms with van der Waals surface area (Å²) in [6.07, 6.45) is 2.05. The maximum absolute atomic E-state index is 11.6. The molecule has 0 heterocycles. The molecule has 2 heteroatoms. The molecular formula is C16H22O2. The van der Waals surface area contributed by atoms with Crippen molar-refractivity contribution in [2.75, 3.05) is 0 Å². The van der Waals surface area contributed by atoms with Crippen molar-refractivity contribution in [1.82, 2.24) is 0 Å². The van der Waals surface area contributed by atoms with E-state index in [9.17, 15) is 4.79 Å². The van der Waals surface area contributed by atoms with Gasteiger partial charge in [-0.15, -0.1) is 0 Å². The molecule has 1 aromatic rings. The average Bonchev–Trinajstić information content (AvgIpc) is 2.25. The van der Waals surface area contributed by atoms with Gasteiger partial charge in [-0.2, -0.15) is 0 Å². The number of ether oxygens (including phenoxy) is 1. The van der Waals surface area contributed by atoms with Gasteiger partial charge in [-0.3, -0.25) is 4.79 Å². The summed E-state index contributed by atoms with van der Waals surface area (Å²) in [6.45, 7) is 9.56. The van der Waals surface area contributed by atoms with Crippen molar-refractivity contribution >= 4 is 5.97 Å². The van der Waals surface area contributed by atoms with Crippen molar-refractivity contribution in [3.63, 3.8) is 0 Å². The lowest BCUT2D eigenvalue weighted by atomic mass is 10.0. The van der Waals surface area contributed by atoms with E-state index in [1.165, 1.54) is 5.56 Å². The van der Waals surface area contributed by atoms with Crippen LogP contribution in [0.3, 0.4) is 0 Å². The van der Waals surface area contributed by atoms with Gasteiger partial charge in [0.25, 0.3) is 0 Å². The molecule has 0 aliphatic heterocycles. The zero-order valence-electron chi connectivity index (χ0n) is 11.5. The first-order valence-corrected chi connectivity index (χ1v) is 6.29. The fourth-order valence-electron chi connectivity index (χ4n) is 1.64. The topological polar surface area (TPSA) is 26.3 Å². The van der Waals surface area contributed by atoms with Crippen LogP contribution in [-0.4, -0.2) is 11.6 Å². The lowest BCUT2D eigenvalue weighted by molar-refractivity contribution is -0.153. The maximum atomic E-state index is 11.6. The summed E-state index contributed by atoms with van der Waals surface area (Å²) >= 11 is 0. The summed E-state index contributed by atoms with van der Waals surface area (Å²) in [5, 5.41) is 0. The average molecular weight is 246 g/mol. The van der Waals surface area contributed by atoms with E-state index < -0.39 is 5.60 Å². The van der Waals surface area contributed by atoms with E-state index in [0.29, 0.717) is 6.42 Å². The number of hydrogen-bond donors (Lipinski definition) is 0. The third-order valence-corrected chi connectivity index (χ3v) is 2.42. The van der Waals surface area contributed by atoms with Crippen LogP contribution in [0.15, 0.2) is 42.5 Å². The van der Waals surface area contributed by atoms with Crippen LogP contribution in [0.4, 0.5) is 0 Å². The van der Waals surface area contributed by atoms with Crippen molar-refractivity contribution in [2.24, 2.45) is 0 Å². The van der Waals surface area contributed by atoms with Gasteiger partial charge in [0.2, 0.25) is 0 Å². The Balaban J connectivity index is 2.32. The number of carbonyl (C=O) groups excluding carboxylic acids is 1. The molecule has 0 atom stereocenters. The third kappa shape index (κ3) is 6.24. The minimum atomic E-state index is -0.420. The zero-order chi connectivity index (χ0) is 13.6. The molecule has 0 saturated heterocycles. The van der Waals surface area contributed by atoms with Crippen molar-refractivity contribution in [3.8, 4) is 0 Å². The van der Waals surface area contributed by atoms with Crippen LogP contribution in [0.5, 0.6) is 0 Å². The van der Waals surface area contributed by atoms with Crippen LogP contribution >= 0.6 is 0 Å². The number of aryl methyl sites for hydroxylation is 1. The van der Waals surface area contributed by atoms with E-state index in [1.54, 1.807) is 0 Å². The molecule has 0 unspecified atom stereocenters. The molecule has 0 aromatic heterocycles. The van der Waals surface area contributed by atoms with Gasteiger partial charge in [-0.1, -0.05) is 42.5 Å². The van der Waals surface area contributed by atoms with Gasteiger partial charge in [-0.25, -0.2) is 0 Å². The first-order valence-electron chi connectivity index (χ1n) is 6.29. The van der Waals surface area contributed by atoms with Crippen LogP contribution in [0.2, 0.25) is 0 Å². The lowest BCUT2D eigenvalue weighted by Crippen LogP contribution is -2.23. The highest BCUT2D eigenvalue weighted by atomic mass is 16.6. The normalized spacial score (nSPS) is 11.1. The lowest BCUT2D eigenvalue weighted by Gasteiger charge is -2.19. The van der Waals surface area contributed by atoms with Gasteiger partial charge >= 0.3 is 5.97 Å². The van der Waals surface area contributed by atoms with Crippen molar-refractivity contribution in [2.45, 2.75) is 45.6 Å². The van der Waals surface area contributed by atoms with Crippen LogP contribution in [0.1, 0.15) is 39.2 Å². The molecule has 98 valence electrons. The minimum Gasteiger partial charge on any atom is -0.460 e. The molecular weight excluding hydrogens is 224 g/mol. The molecule has 0 bridgehead atoms. The van der Waals surface area contributed by atoms with E-state index in [4.69, 9.17) is 4.74 Å². The number of rotatable bonds is 5. The Morgan fingerprint density at radius 2 is 1.83 bits per heavy atom. The Labute approximate surface area is 110 Å². The second kappa shape index (κ2) is 6.39. The van der Waals surface area contributed by atoms with Gasteiger partial charge in [0.05, 0.1) is 6.42 Å². The maximum Gasteiger partial charge on any atom is 0.310 e. The molecule has 0 fully saturated rings. The molecule has 0 spiro atoms. The third-order valence-electron chi connectivity index (χ3n) is 2.42. The quantitative estimate of drug-likeness (QED) is 0.581. The summed E-state index contributed by atoms with van der Waals surface area (Å²) in [7, 11) is 0. The molecule has 0 N–H and O–H groups in total. The number of carbonyl (C=O) groups is 1. The Morgan fingerprint density at radius 1 is 1.22 bits per heavy atom. The summed E-state index contributed by atoms with van der Waals surface area (Å²) in [4.78, 5) is 11.6. The number of esters is 1. The van der Waals surface area contributed by atoms with Gasteiger partial charge in [0.15, 0.2) is 0 Å². The SMILES string of the molecule is C=C(CCc1ccccc1)CC(=O)OC(C)(C)C. The second-order valence-electron chi connectivity index (χ2n) is 5.50. The van der Waals surface area contributed by atoms with E-state index in [1.807, 2.05) is 39.0 Å². The van der Waals surface area contributed by atoms with Crippen LogP contribution < -0.4 is 0 Å². The van der Waals surface area contributed by atoms with Gasteiger partial charge < -0.3 is 4.74 Å². The summed E-state index contributed by atoms with van der Waals surface area (Å²) in [5.41, 5.74) is 1.77. The molecule has 2 nitrogen and oxygen atoms in total. The Morgan fingerprint density at radius 3 is 2.39 bits per heavy atom. The van der Waals surface area contributed by atoms with Gasteiger partial charge in [0.1, 0.15) is 5.60 Å². The molecule has 0 amide bonds. The molecule has 0 saturated carbocycles. The van der Waals surface area contributed by atoms with E-state index in [-0.39, 0.29) is 5.97 Å². The van der Waals surface area contributed by atoms with Crippen LogP contribution in [0, 0.1) is 0 Å². The summed E-state index contributed by atoms with van der Waals surface area (Å²) in [5.74, 6) is -0.194. The van der Waals surface area contributed by atoms with Crippen LogP contribution in [-0.2, 0) is 16.0 Å². The zero-order valence-corrected chi connectivity index (χ0v) is 11.5. The Bertz CT molecular complexity index is 399.